The molecule has 0 aliphatic heterocycles. The second-order valence-electron chi connectivity index (χ2n) is 2.45. The molecule has 0 amide bonds. The molecular formula is C7H14F3NOS. The summed E-state index contributed by atoms with van der Waals surface area (Å²) < 4.78 is 42.6. The molecule has 1 N–H and O–H groups in total. The highest BCUT2D eigenvalue weighted by Crippen LogP contribution is 2.21. The first-order chi connectivity index (χ1) is 6.06. The lowest BCUT2D eigenvalue weighted by atomic mass is 10.3. The zero-order chi connectivity index (χ0) is 10.2. The summed E-state index contributed by atoms with van der Waals surface area (Å²) in [6, 6.07) is 0. The summed E-state index contributed by atoms with van der Waals surface area (Å²) in [5, 5.41) is 0. The van der Waals surface area contributed by atoms with Crippen LogP contribution in [0.1, 0.15) is 12.8 Å². The van der Waals surface area contributed by atoms with E-state index in [-0.39, 0.29) is 6.42 Å². The standard InChI is InChI=1S/C7H14F3NOS/c1-12-5-4-11-13-6-2-3-7(8,9)10/h11H,2-6H2,1H3. The Kier molecular flexibility index (Phi) is 7.50. The van der Waals surface area contributed by atoms with Gasteiger partial charge in [0.05, 0.1) is 6.61 Å². The van der Waals surface area contributed by atoms with Gasteiger partial charge in [-0.2, -0.15) is 13.2 Å². The van der Waals surface area contributed by atoms with Gasteiger partial charge >= 0.3 is 6.18 Å². The number of rotatable bonds is 7. The van der Waals surface area contributed by atoms with Crippen LogP contribution in [0.3, 0.4) is 0 Å². The quantitative estimate of drug-likeness (QED) is 0.522. The van der Waals surface area contributed by atoms with Gasteiger partial charge in [-0.25, -0.2) is 0 Å². The molecule has 6 heteroatoms. The summed E-state index contributed by atoms with van der Waals surface area (Å²) >= 11 is 1.30. The van der Waals surface area contributed by atoms with Gasteiger partial charge in [0.25, 0.3) is 0 Å². The summed E-state index contributed by atoms with van der Waals surface area (Å²) in [6.45, 7) is 1.24. The van der Waals surface area contributed by atoms with Crippen LogP contribution >= 0.6 is 11.9 Å². The molecule has 0 aromatic rings. The van der Waals surface area contributed by atoms with Gasteiger partial charge in [-0.1, -0.05) is 11.9 Å². The molecule has 2 nitrogen and oxygen atoms in total. The summed E-state index contributed by atoms with van der Waals surface area (Å²) in [5.74, 6) is 0.475. The van der Waals surface area contributed by atoms with Crippen LogP contribution in [0.4, 0.5) is 13.2 Å². The third-order valence-corrected chi connectivity index (χ3v) is 2.12. The Bertz CT molecular complexity index is 121. The molecule has 0 spiro atoms. The molecule has 0 aliphatic carbocycles. The SMILES string of the molecule is COCCNSCCCC(F)(F)F. The van der Waals surface area contributed by atoms with Crippen LogP contribution < -0.4 is 4.72 Å². The lowest BCUT2D eigenvalue weighted by Gasteiger charge is -2.05. The Morgan fingerprint density at radius 3 is 2.62 bits per heavy atom. The molecule has 0 saturated carbocycles. The van der Waals surface area contributed by atoms with Crippen LogP contribution in [0.15, 0.2) is 0 Å². The number of methoxy groups -OCH3 is 1. The Morgan fingerprint density at radius 1 is 1.38 bits per heavy atom. The number of ether oxygens (including phenoxy) is 1. The third kappa shape index (κ3) is 12.1. The minimum Gasteiger partial charge on any atom is -0.383 e. The van der Waals surface area contributed by atoms with Gasteiger partial charge < -0.3 is 4.74 Å². The van der Waals surface area contributed by atoms with E-state index in [0.717, 1.165) is 0 Å². The summed E-state index contributed by atoms with van der Waals surface area (Å²) in [6.07, 6.45) is -4.56. The first-order valence-electron chi connectivity index (χ1n) is 3.96. The maximum atomic E-state index is 11.6. The maximum absolute atomic E-state index is 11.6. The normalized spacial score (nSPS) is 12.0. The van der Waals surface area contributed by atoms with Crippen molar-refractivity contribution in [1.82, 2.24) is 4.72 Å². The van der Waals surface area contributed by atoms with E-state index in [0.29, 0.717) is 18.9 Å². The van der Waals surface area contributed by atoms with Gasteiger partial charge in [0.15, 0.2) is 0 Å². The Hall–Kier alpha value is 0.0600. The van der Waals surface area contributed by atoms with E-state index in [9.17, 15) is 13.2 Å². The van der Waals surface area contributed by atoms with E-state index in [2.05, 4.69) is 4.72 Å². The molecule has 80 valence electrons. The number of hydrogen-bond donors (Lipinski definition) is 1. The second-order valence-corrected chi connectivity index (χ2v) is 3.44. The van der Waals surface area contributed by atoms with Crippen LogP contribution in [0.25, 0.3) is 0 Å². The van der Waals surface area contributed by atoms with Gasteiger partial charge in [-0.05, 0) is 6.42 Å². The van der Waals surface area contributed by atoms with E-state index >= 15 is 0 Å². The summed E-state index contributed by atoms with van der Waals surface area (Å²) in [5.41, 5.74) is 0. The molecule has 0 aromatic heterocycles. The second kappa shape index (κ2) is 7.46. The minimum atomic E-state index is -4.02. The van der Waals surface area contributed by atoms with Crippen molar-refractivity contribution in [3.05, 3.63) is 0 Å². The van der Waals surface area contributed by atoms with Crippen molar-refractivity contribution in [2.45, 2.75) is 19.0 Å². The van der Waals surface area contributed by atoms with Crippen LogP contribution in [-0.4, -0.2) is 32.2 Å². The van der Waals surface area contributed by atoms with Crippen molar-refractivity contribution < 1.29 is 17.9 Å². The highest BCUT2D eigenvalue weighted by atomic mass is 32.2. The van der Waals surface area contributed by atoms with Gasteiger partial charge in [-0.15, -0.1) is 0 Å². The first kappa shape index (κ1) is 13.1. The van der Waals surface area contributed by atoms with E-state index in [1.807, 2.05) is 0 Å². The largest absolute Gasteiger partial charge is 0.389 e. The van der Waals surface area contributed by atoms with Crippen molar-refractivity contribution in [2.75, 3.05) is 26.0 Å². The number of nitrogens with one attached hydrogen (secondary N) is 1. The van der Waals surface area contributed by atoms with Crippen LogP contribution in [0.2, 0.25) is 0 Å². The highest BCUT2D eigenvalue weighted by Gasteiger charge is 2.25. The minimum absolute atomic E-state index is 0.161. The third-order valence-electron chi connectivity index (χ3n) is 1.22. The Balaban J connectivity index is 3.00. The number of halogens is 3. The predicted octanol–water partition coefficient (Wildman–Crippen LogP) is 2.21. The van der Waals surface area contributed by atoms with Crippen molar-refractivity contribution in [3.8, 4) is 0 Å². The van der Waals surface area contributed by atoms with Crippen molar-refractivity contribution >= 4 is 11.9 Å². The predicted molar refractivity (Wildman–Crippen MR) is 47.6 cm³/mol. The Morgan fingerprint density at radius 2 is 2.08 bits per heavy atom. The average Bonchev–Trinajstić information content (AvgIpc) is 2.01. The number of hydrogen-bond acceptors (Lipinski definition) is 3. The monoisotopic (exact) mass is 217 g/mol. The topological polar surface area (TPSA) is 21.3 Å². The van der Waals surface area contributed by atoms with Crippen molar-refractivity contribution in [3.63, 3.8) is 0 Å². The van der Waals surface area contributed by atoms with Gasteiger partial charge in [0.2, 0.25) is 0 Å². The molecule has 0 aliphatic rings. The average molecular weight is 217 g/mol. The molecule has 0 radical (unpaired) electrons. The lowest BCUT2D eigenvalue weighted by Crippen LogP contribution is -2.13. The molecular weight excluding hydrogens is 203 g/mol. The van der Waals surface area contributed by atoms with Gasteiger partial charge in [-0.3, -0.25) is 4.72 Å². The molecule has 0 saturated heterocycles. The molecule has 0 fully saturated rings. The van der Waals surface area contributed by atoms with E-state index in [1.54, 1.807) is 7.11 Å². The molecule has 0 atom stereocenters. The fraction of sp³-hybridized carbons (Fsp3) is 1.00. The molecule has 0 rings (SSSR count). The molecule has 0 unspecified atom stereocenters. The van der Waals surface area contributed by atoms with E-state index in [4.69, 9.17) is 4.74 Å². The molecule has 13 heavy (non-hydrogen) atoms. The van der Waals surface area contributed by atoms with E-state index < -0.39 is 12.6 Å². The molecule has 0 bridgehead atoms. The fourth-order valence-corrected chi connectivity index (χ4v) is 1.29. The van der Waals surface area contributed by atoms with E-state index in [1.165, 1.54) is 11.9 Å². The van der Waals surface area contributed by atoms with Crippen LogP contribution in [0, 0.1) is 0 Å². The zero-order valence-corrected chi connectivity index (χ0v) is 8.30. The zero-order valence-electron chi connectivity index (χ0n) is 7.49. The lowest BCUT2D eigenvalue weighted by molar-refractivity contribution is -0.134. The van der Waals surface area contributed by atoms with Crippen LogP contribution in [-0.2, 0) is 4.74 Å². The van der Waals surface area contributed by atoms with Gasteiger partial charge in [0.1, 0.15) is 0 Å². The smallest absolute Gasteiger partial charge is 0.383 e. The maximum Gasteiger partial charge on any atom is 0.389 e. The molecule has 0 aromatic carbocycles. The Labute approximate surface area is 80.3 Å². The highest BCUT2D eigenvalue weighted by molar-refractivity contribution is 7.97. The van der Waals surface area contributed by atoms with Gasteiger partial charge in [0, 0.05) is 25.8 Å². The van der Waals surface area contributed by atoms with Crippen LogP contribution in [0.5, 0.6) is 0 Å². The van der Waals surface area contributed by atoms with Crippen molar-refractivity contribution in [1.29, 1.82) is 0 Å². The fourth-order valence-electron chi connectivity index (χ4n) is 0.633. The number of alkyl halides is 3. The van der Waals surface area contributed by atoms with Crippen molar-refractivity contribution in [2.24, 2.45) is 0 Å². The summed E-state index contributed by atoms with van der Waals surface area (Å²) in [7, 11) is 1.58. The molecule has 0 heterocycles. The summed E-state index contributed by atoms with van der Waals surface area (Å²) in [4.78, 5) is 0. The first-order valence-corrected chi connectivity index (χ1v) is 4.95.